The lowest BCUT2D eigenvalue weighted by atomic mass is 10.1. The van der Waals surface area contributed by atoms with E-state index in [0.717, 1.165) is 44.5 Å². The van der Waals surface area contributed by atoms with Crippen molar-refractivity contribution in [1.29, 1.82) is 5.41 Å². The van der Waals surface area contributed by atoms with Crippen LogP contribution in [0.3, 0.4) is 0 Å². The Morgan fingerprint density at radius 3 is 2.44 bits per heavy atom. The van der Waals surface area contributed by atoms with E-state index in [1.807, 2.05) is 7.05 Å². The van der Waals surface area contributed by atoms with E-state index in [1.54, 1.807) is 56.7 Å². The number of pyridine rings is 1. The number of ether oxygens (including phenoxy) is 1. The number of hydrogen-bond donors (Lipinski definition) is 3. The first-order valence-electron chi connectivity index (χ1n) is 14.3. The number of aryl methyl sites for hydroxylation is 1. The van der Waals surface area contributed by atoms with Crippen LogP contribution in [-0.2, 0) is 12.7 Å². The normalized spacial score (nSPS) is 14.2. The Morgan fingerprint density at radius 2 is 1.78 bits per heavy atom. The van der Waals surface area contributed by atoms with Crippen LogP contribution in [0.25, 0.3) is 11.4 Å². The Kier molecular flexibility index (Phi) is 9.40. The zero-order valence-electron chi connectivity index (χ0n) is 25.1. The van der Waals surface area contributed by atoms with Gasteiger partial charge in [-0.05, 0) is 67.6 Å². The van der Waals surface area contributed by atoms with E-state index in [1.165, 1.54) is 6.07 Å². The third-order valence-corrected chi connectivity index (χ3v) is 7.47. The standard InChI is InChI=1S/C32H33F3N8O2/c1-20-4-5-23(16-27(20)45-31-26(18-36)29(37-2)40-28(41-31)22-6-8-38-9-7-22)30(44)39-25-15-21(14-24(17-25)32(33,34)35)19-43-12-10-42(3)11-13-43/h4-9,14-18,36H,10-13,19H2,1-3H3,(H,39,44)(H,37,40,41). The summed E-state index contributed by atoms with van der Waals surface area (Å²) in [5, 5.41) is 13.5. The molecule has 1 amide bonds. The zero-order chi connectivity index (χ0) is 32.1. The molecule has 1 fully saturated rings. The summed E-state index contributed by atoms with van der Waals surface area (Å²) in [5.41, 5.74) is 1.50. The summed E-state index contributed by atoms with van der Waals surface area (Å²) < 4.78 is 47.6. The van der Waals surface area contributed by atoms with Gasteiger partial charge in [0.25, 0.3) is 5.91 Å². The number of alkyl halides is 3. The SMILES string of the molecule is CNc1nc(-c2ccncc2)nc(Oc2cc(C(=O)Nc3cc(CN4CCN(C)CC4)cc(C(F)(F)F)c3)ccc2C)c1C=N. The fourth-order valence-electron chi connectivity index (χ4n) is 4.92. The van der Waals surface area contributed by atoms with E-state index in [0.29, 0.717) is 40.4 Å². The molecule has 0 atom stereocenters. The van der Waals surface area contributed by atoms with Crippen molar-refractivity contribution in [1.82, 2.24) is 24.8 Å². The molecular weight excluding hydrogens is 585 g/mol. The first kappa shape index (κ1) is 31.5. The third kappa shape index (κ3) is 7.62. The van der Waals surface area contributed by atoms with E-state index in [4.69, 9.17) is 10.1 Å². The highest BCUT2D eigenvalue weighted by atomic mass is 19.4. The zero-order valence-corrected chi connectivity index (χ0v) is 25.1. The van der Waals surface area contributed by atoms with Crippen molar-refractivity contribution in [2.24, 2.45) is 0 Å². The smallest absolute Gasteiger partial charge is 0.416 e. The number of carbonyl (C=O) groups excluding carboxylic acids is 1. The average molecular weight is 619 g/mol. The number of aromatic nitrogens is 3. The molecule has 3 N–H and O–H groups in total. The molecule has 0 aliphatic carbocycles. The Bertz CT molecular complexity index is 1690. The lowest BCUT2D eigenvalue weighted by molar-refractivity contribution is -0.137. The van der Waals surface area contributed by atoms with Crippen molar-refractivity contribution in [3.05, 3.63) is 88.7 Å². The number of piperazine rings is 1. The molecule has 1 aliphatic rings. The highest BCUT2D eigenvalue weighted by Gasteiger charge is 2.32. The van der Waals surface area contributed by atoms with Gasteiger partial charge < -0.3 is 25.7 Å². The number of likely N-dealkylation sites (N-methyl/N-ethyl adjacent to an activating group) is 1. The van der Waals surface area contributed by atoms with Crippen LogP contribution < -0.4 is 15.4 Å². The molecule has 2 aromatic carbocycles. The van der Waals surface area contributed by atoms with Gasteiger partial charge in [0.1, 0.15) is 11.6 Å². The second kappa shape index (κ2) is 13.4. The maximum absolute atomic E-state index is 13.8. The van der Waals surface area contributed by atoms with Crippen LogP contribution in [0.15, 0.2) is 60.9 Å². The summed E-state index contributed by atoms with van der Waals surface area (Å²) in [6.07, 6.45) is -0.297. The Labute approximate surface area is 258 Å². The molecule has 0 radical (unpaired) electrons. The minimum Gasteiger partial charge on any atom is -0.438 e. The van der Waals surface area contributed by atoms with Gasteiger partial charge in [-0.1, -0.05) is 6.07 Å². The lowest BCUT2D eigenvalue weighted by Gasteiger charge is -2.32. The number of nitrogens with zero attached hydrogens (tertiary/aromatic N) is 5. The van der Waals surface area contributed by atoms with Gasteiger partial charge in [-0.25, -0.2) is 4.98 Å². The predicted molar refractivity (Wildman–Crippen MR) is 166 cm³/mol. The molecule has 4 aromatic rings. The summed E-state index contributed by atoms with van der Waals surface area (Å²) in [6, 6.07) is 11.9. The van der Waals surface area contributed by atoms with Gasteiger partial charge in [-0.2, -0.15) is 18.2 Å². The first-order chi connectivity index (χ1) is 21.5. The molecule has 0 spiro atoms. The third-order valence-electron chi connectivity index (χ3n) is 7.47. The molecule has 0 saturated carbocycles. The lowest BCUT2D eigenvalue weighted by Crippen LogP contribution is -2.43. The monoisotopic (exact) mass is 618 g/mol. The number of anilines is 2. The molecule has 10 nitrogen and oxygen atoms in total. The second-order valence-corrected chi connectivity index (χ2v) is 10.8. The van der Waals surface area contributed by atoms with Crippen molar-refractivity contribution < 1.29 is 22.7 Å². The van der Waals surface area contributed by atoms with E-state index >= 15 is 0 Å². The molecule has 13 heteroatoms. The maximum Gasteiger partial charge on any atom is 0.416 e. The molecular formula is C32H33F3N8O2. The molecule has 234 valence electrons. The number of nitrogens with one attached hydrogen (secondary N) is 3. The van der Waals surface area contributed by atoms with Crippen LogP contribution in [0.4, 0.5) is 24.7 Å². The molecule has 0 unspecified atom stereocenters. The van der Waals surface area contributed by atoms with Gasteiger partial charge in [0, 0.05) is 75.2 Å². The summed E-state index contributed by atoms with van der Waals surface area (Å²) in [4.78, 5) is 30.7. The Hall–Kier alpha value is -4.88. The van der Waals surface area contributed by atoms with Gasteiger partial charge in [0.2, 0.25) is 5.88 Å². The van der Waals surface area contributed by atoms with Crippen LogP contribution in [0.1, 0.15) is 32.6 Å². The maximum atomic E-state index is 13.8. The Morgan fingerprint density at radius 1 is 1.04 bits per heavy atom. The molecule has 2 aromatic heterocycles. The highest BCUT2D eigenvalue weighted by Crippen LogP contribution is 2.34. The number of halogens is 3. The van der Waals surface area contributed by atoms with Crippen molar-refractivity contribution in [2.45, 2.75) is 19.6 Å². The molecule has 1 aliphatic heterocycles. The van der Waals surface area contributed by atoms with Crippen molar-refractivity contribution in [3.63, 3.8) is 0 Å². The molecule has 3 heterocycles. The molecule has 0 bridgehead atoms. The van der Waals surface area contributed by atoms with Crippen LogP contribution in [0.2, 0.25) is 0 Å². The van der Waals surface area contributed by atoms with E-state index in [2.05, 4.69) is 35.4 Å². The van der Waals surface area contributed by atoms with Crippen LogP contribution in [-0.4, -0.2) is 77.1 Å². The van der Waals surface area contributed by atoms with Gasteiger partial charge in [-0.3, -0.25) is 14.7 Å². The first-order valence-corrected chi connectivity index (χ1v) is 14.3. The molecule has 1 saturated heterocycles. The van der Waals surface area contributed by atoms with Crippen molar-refractivity contribution >= 4 is 23.6 Å². The van der Waals surface area contributed by atoms with E-state index in [-0.39, 0.29) is 22.9 Å². The van der Waals surface area contributed by atoms with Gasteiger partial charge in [-0.15, -0.1) is 0 Å². The quantitative estimate of drug-likeness (QED) is 0.205. The summed E-state index contributed by atoms with van der Waals surface area (Å²) in [6.45, 7) is 5.27. The molecule has 5 rings (SSSR count). The van der Waals surface area contributed by atoms with Crippen LogP contribution in [0, 0.1) is 12.3 Å². The predicted octanol–water partition coefficient (Wildman–Crippen LogP) is 5.70. The number of amides is 1. The number of hydrogen-bond acceptors (Lipinski definition) is 9. The minimum atomic E-state index is -4.58. The topological polar surface area (TPSA) is 119 Å². The number of rotatable bonds is 9. The van der Waals surface area contributed by atoms with Gasteiger partial charge in [0.15, 0.2) is 5.82 Å². The van der Waals surface area contributed by atoms with E-state index in [9.17, 15) is 18.0 Å². The summed E-state index contributed by atoms with van der Waals surface area (Å²) in [7, 11) is 3.67. The summed E-state index contributed by atoms with van der Waals surface area (Å²) in [5.74, 6) is 0.472. The number of benzene rings is 2. The van der Waals surface area contributed by atoms with Crippen molar-refractivity contribution in [2.75, 3.05) is 50.9 Å². The minimum absolute atomic E-state index is 0.0459. The Balaban J connectivity index is 1.42. The number of carbonyl (C=O) groups is 1. The van der Waals surface area contributed by atoms with Gasteiger partial charge >= 0.3 is 6.18 Å². The van der Waals surface area contributed by atoms with Gasteiger partial charge in [0.05, 0.1) is 11.1 Å². The average Bonchev–Trinajstić information content (AvgIpc) is 3.02. The molecule has 45 heavy (non-hydrogen) atoms. The summed E-state index contributed by atoms with van der Waals surface area (Å²) >= 11 is 0. The van der Waals surface area contributed by atoms with Crippen molar-refractivity contribution in [3.8, 4) is 23.0 Å². The highest BCUT2D eigenvalue weighted by molar-refractivity contribution is 6.04. The fourth-order valence-corrected chi connectivity index (χ4v) is 4.92. The van der Waals surface area contributed by atoms with Crippen LogP contribution in [0.5, 0.6) is 11.6 Å². The second-order valence-electron chi connectivity index (χ2n) is 10.8. The fraction of sp³-hybridized carbons (Fsp3) is 0.281. The largest absolute Gasteiger partial charge is 0.438 e. The van der Waals surface area contributed by atoms with Crippen LogP contribution >= 0.6 is 0 Å². The van der Waals surface area contributed by atoms with E-state index < -0.39 is 17.6 Å².